The number of carbonyl (C=O) groups is 1. The summed E-state index contributed by atoms with van der Waals surface area (Å²) in [6, 6.07) is 5.83. The first-order valence-corrected chi connectivity index (χ1v) is 8.64. The van der Waals surface area contributed by atoms with E-state index in [1.807, 2.05) is 29.9 Å². The number of rotatable bonds is 7. The number of likely N-dealkylation sites (N-methyl/N-ethyl adjacent to an activating group) is 1. The Labute approximate surface area is 148 Å². The molecule has 2 aromatic rings. The standard InChI is InChI=1S/C18H25N5O2/c1-22(10-7-14-5-3-4-8-20-14)18(24)17-15-13-19-9-6-16(15)23(21-17)11-12-25-2/h3-5,8,19H,6-7,9-13H2,1-2H3. The SMILES string of the molecule is COCCn1nc(C(=O)N(C)CCc2ccccn2)c2c1CCNC2. The normalized spacial score (nSPS) is 13.5. The minimum Gasteiger partial charge on any atom is -0.383 e. The molecule has 1 aliphatic rings. The summed E-state index contributed by atoms with van der Waals surface area (Å²) < 4.78 is 7.09. The highest BCUT2D eigenvalue weighted by molar-refractivity contribution is 5.94. The molecular weight excluding hydrogens is 318 g/mol. The predicted octanol–water partition coefficient (Wildman–Crippen LogP) is 0.885. The monoisotopic (exact) mass is 343 g/mol. The molecule has 0 spiro atoms. The quantitative estimate of drug-likeness (QED) is 0.808. The fourth-order valence-corrected chi connectivity index (χ4v) is 3.06. The fourth-order valence-electron chi connectivity index (χ4n) is 3.06. The molecule has 134 valence electrons. The van der Waals surface area contributed by atoms with E-state index in [9.17, 15) is 4.79 Å². The van der Waals surface area contributed by atoms with Crippen LogP contribution in [0.25, 0.3) is 0 Å². The second kappa shape index (κ2) is 8.22. The van der Waals surface area contributed by atoms with Gasteiger partial charge < -0.3 is 15.0 Å². The van der Waals surface area contributed by atoms with E-state index in [0.717, 1.165) is 36.3 Å². The smallest absolute Gasteiger partial charge is 0.274 e. The van der Waals surface area contributed by atoms with Crippen LogP contribution in [0, 0.1) is 0 Å². The number of ether oxygens (including phenoxy) is 1. The Morgan fingerprint density at radius 1 is 1.44 bits per heavy atom. The fraction of sp³-hybridized carbons (Fsp3) is 0.500. The lowest BCUT2D eigenvalue weighted by molar-refractivity contribution is 0.0788. The van der Waals surface area contributed by atoms with Crippen molar-refractivity contribution in [2.24, 2.45) is 0 Å². The summed E-state index contributed by atoms with van der Waals surface area (Å²) in [4.78, 5) is 18.9. The Kier molecular flexibility index (Phi) is 5.78. The molecule has 3 rings (SSSR count). The highest BCUT2D eigenvalue weighted by atomic mass is 16.5. The summed E-state index contributed by atoms with van der Waals surface area (Å²) in [5.41, 5.74) is 3.72. The number of amides is 1. The topological polar surface area (TPSA) is 72.3 Å². The van der Waals surface area contributed by atoms with Gasteiger partial charge in [-0.25, -0.2) is 0 Å². The number of nitrogens with one attached hydrogen (secondary N) is 1. The van der Waals surface area contributed by atoms with E-state index in [4.69, 9.17) is 4.74 Å². The zero-order valence-electron chi connectivity index (χ0n) is 14.9. The Morgan fingerprint density at radius 2 is 2.32 bits per heavy atom. The van der Waals surface area contributed by atoms with Crippen molar-refractivity contribution in [3.05, 3.63) is 47.0 Å². The van der Waals surface area contributed by atoms with Crippen LogP contribution < -0.4 is 5.32 Å². The average molecular weight is 343 g/mol. The Balaban J connectivity index is 1.73. The molecule has 0 radical (unpaired) electrons. The molecule has 0 bridgehead atoms. The number of pyridine rings is 1. The number of carbonyl (C=O) groups excluding carboxylic acids is 1. The van der Waals surface area contributed by atoms with E-state index in [1.165, 1.54) is 0 Å². The summed E-state index contributed by atoms with van der Waals surface area (Å²) in [5, 5.41) is 7.93. The minimum absolute atomic E-state index is 0.0351. The van der Waals surface area contributed by atoms with Gasteiger partial charge in [0.25, 0.3) is 5.91 Å². The highest BCUT2D eigenvalue weighted by Gasteiger charge is 2.26. The second-order valence-electron chi connectivity index (χ2n) is 6.21. The molecular formula is C18H25N5O2. The summed E-state index contributed by atoms with van der Waals surface area (Å²) in [5.74, 6) is -0.0351. The van der Waals surface area contributed by atoms with E-state index < -0.39 is 0 Å². The van der Waals surface area contributed by atoms with E-state index in [-0.39, 0.29) is 5.91 Å². The lowest BCUT2D eigenvalue weighted by Crippen LogP contribution is -2.31. The van der Waals surface area contributed by atoms with Crippen molar-refractivity contribution in [1.29, 1.82) is 0 Å². The van der Waals surface area contributed by atoms with Crippen molar-refractivity contribution in [2.45, 2.75) is 25.9 Å². The maximum absolute atomic E-state index is 12.9. The summed E-state index contributed by atoms with van der Waals surface area (Å²) in [6.45, 7) is 3.48. The Bertz CT molecular complexity index is 714. The van der Waals surface area contributed by atoms with Crippen LogP contribution in [0.3, 0.4) is 0 Å². The van der Waals surface area contributed by atoms with Crippen molar-refractivity contribution in [2.75, 3.05) is 33.9 Å². The van der Waals surface area contributed by atoms with Crippen molar-refractivity contribution in [3.63, 3.8) is 0 Å². The highest BCUT2D eigenvalue weighted by Crippen LogP contribution is 2.20. The summed E-state index contributed by atoms with van der Waals surface area (Å²) >= 11 is 0. The molecule has 0 saturated heterocycles. The molecule has 1 N–H and O–H groups in total. The van der Waals surface area contributed by atoms with Gasteiger partial charge in [0.15, 0.2) is 5.69 Å². The first-order valence-electron chi connectivity index (χ1n) is 8.64. The van der Waals surface area contributed by atoms with Crippen LogP contribution in [0.4, 0.5) is 0 Å². The van der Waals surface area contributed by atoms with Gasteiger partial charge >= 0.3 is 0 Å². The van der Waals surface area contributed by atoms with Crippen LogP contribution in [0.1, 0.15) is 27.4 Å². The molecule has 0 atom stereocenters. The van der Waals surface area contributed by atoms with Gasteiger partial charge in [-0.3, -0.25) is 14.5 Å². The third kappa shape index (κ3) is 4.05. The molecule has 25 heavy (non-hydrogen) atoms. The van der Waals surface area contributed by atoms with Crippen LogP contribution in [-0.4, -0.2) is 59.4 Å². The van der Waals surface area contributed by atoms with Crippen molar-refractivity contribution in [3.8, 4) is 0 Å². The van der Waals surface area contributed by atoms with Gasteiger partial charge in [0.2, 0.25) is 0 Å². The van der Waals surface area contributed by atoms with Crippen molar-refractivity contribution >= 4 is 5.91 Å². The molecule has 0 fully saturated rings. The number of fused-ring (bicyclic) bond motifs is 1. The Hall–Kier alpha value is -2.25. The van der Waals surface area contributed by atoms with E-state index in [1.54, 1.807) is 18.2 Å². The van der Waals surface area contributed by atoms with Gasteiger partial charge in [-0.1, -0.05) is 6.07 Å². The molecule has 3 heterocycles. The zero-order valence-corrected chi connectivity index (χ0v) is 14.9. The van der Waals surface area contributed by atoms with Crippen LogP contribution in [0.5, 0.6) is 0 Å². The molecule has 1 amide bonds. The third-order valence-corrected chi connectivity index (χ3v) is 4.49. The van der Waals surface area contributed by atoms with Gasteiger partial charge in [-0.15, -0.1) is 0 Å². The molecule has 1 aliphatic heterocycles. The van der Waals surface area contributed by atoms with E-state index >= 15 is 0 Å². The number of hydrogen-bond donors (Lipinski definition) is 1. The zero-order chi connectivity index (χ0) is 17.6. The lowest BCUT2D eigenvalue weighted by Gasteiger charge is -2.18. The molecule has 7 heteroatoms. The summed E-state index contributed by atoms with van der Waals surface area (Å²) in [7, 11) is 3.50. The molecule has 0 saturated carbocycles. The molecule has 0 unspecified atom stereocenters. The van der Waals surface area contributed by atoms with Crippen LogP contribution in [0.15, 0.2) is 24.4 Å². The van der Waals surface area contributed by atoms with Crippen LogP contribution in [0.2, 0.25) is 0 Å². The van der Waals surface area contributed by atoms with Gasteiger partial charge in [0.1, 0.15) is 0 Å². The van der Waals surface area contributed by atoms with Crippen molar-refractivity contribution in [1.82, 2.24) is 25.0 Å². The molecule has 7 nitrogen and oxygen atoms in total. The minimum atomic E-state index is -0.0351. The van der Waals surface area contributed by atoms with E-state index in [0.29, 0.717) is 31.9 Å². The number of nitrogens with zero attached hydrogens (tertiary/aromatic N) is 4. The predicted molar refractivity (Wildman–Crippen MR) is 94.4 cm³/mol. The van der Waals surface area contributed by atoms with Gasteiger partial charge in [0, 0.05) is 69.8 Å². The maximum atomic E-state index is 12.9. The number of aromatic nitrogens is 3. The molecule has 2 aromatic heterocycles. The van der Waals surface area contributed by atoms with Crippen LogP contribution in [-0.2, 0) is 30.7 Å². The van der Waals surface area contributed by atoms with Gasteiger partial charge in [-0.05, 0) is 12.1 Å². The lowest BCUT2D eigenvalue weighted by atomic mass is 10.1. The largest absolute Gasteiger partial charge is 0.383 e. The average Bonchev–Trinajstić information content (AvgIpc) is 3.03. The summed E-state index contributed by atoms with van der Waals surface area (Å²) in [6.07, 6.45) is 3.39. The second-order valence-corrected chi connectivity index (χ2v) is 6.21. The number of hydrogen-bond acceptors (Lipinski definition) is 5. The Morgan fingerprint density at radius 3 is 3.08 bits per heavy atom. The molecule has 0 aromatic carbocycles. The maximum Gasteiger partial charge on any atom is 0.274 e. The van der Waals surface area contributed by atoms with Gasteiger partial charge in [-0.2, -0.15) is 5.10 Å². The number of methoxy groups -OCH3 is 1. The van der Waals surface area contributed by atoms with Crippen LogP contribution >= 0.6 is 0 Å². The van der Waals surface area contributed by atoms with E-state index in [2.05, 4.69) is 15.4 Å². The first-order chi connectivity index (χ1) is 12.2. The third-order valence-electron chi connectivity index (χ3n) is 4.49. The first kappa shape index (κ1) is 17.6. The van der Waals surface area contributed by atoms with Gasteiger partial charge in [0.05, 0.1) is 13.2 Å². The van der Waals surface area contributed by atoms with Crippen molar-refractivity contribution < 1.29 is 9.53 Å². The molecule has 0 aliphatic carbocycles.